The second-order valence-electron chi connectivity index (χ2n) is 14.6. The first kappa shape index (κ1) is 37.2. The lowest BCUT2D eigenvalue weighted by Crippen LogP contribution is -2.42. The first-order valence-electron chi connectivity index (χ1n) is 16.9. The number of benzene rings is 2. The number of hydrogen-bond donors (Lipinski definition) is 3. The average Bonchev–Trinajstić information content (AvgIpc) is 3.32. The highest BCUT2D eigenvalue weighted by Crippen LogP contribution is 2.44. The number of hydrogen-bond acceptors (Lipinski definition) is 8. The molecule has 0 bridgehead atoms. The van der Waals surface area contributed by atoms with Gasteiger partial charge in [-0.3, -0.25) is 9.79 Å². The Hall–Kier alpha value is -4.67. The molecule has 0 spiro atoms. The van der Waals surface area contributed by atoms with Crippen molar-refractivity contribution in [2.45, 2.75) is 91.2 Å². The van der Waals surface area contributed by atoms with Crippen LogP contribution in [-0.4, -0.2) is 82.6 Å². The van der Waals surface area contributed by atoms with Gasteiger partial charge in [0.1, 0.15) is 24.0 Å². The number of unbranched alkanes of at least 4 members (excludes halogenated alkanes) is 1. The maximum Gasteiger partial charge on any atom is 0.410 e. The van der Waals surface area contributed by atoms with E-state index in [-0.39, 0.29) is 61.1 Å². The summed E-state index contributed by atoms with van der Waals surface area (Å²) in [4.78, 5) is 56.5. The molecule has 2 aliphatic rings. The van der Waals surface area contributed by atoms with Gasteiger partial charge < -0.3 is 29.9 Å². The first-order valence-corrected chi connectivity index (χ1v) is 16.9. The molecule has 2 aliphatic carbocycles. The van der Waals surface area contributed by atoms with Gasteiger partial charge in [0.25, 0.3) is 0 Å². The number of amides is 2. The molecule has 11 nitrogen and oxygen atoms in total. The SMILES string of the molecule is CC(=NCCN(CCCC[C@@H](NC(=O)OCC1c2ccccc2-c2ccccc21)C(=O)O)C(=O)OC(C)(C)C)C1=C(O)CC(C)(C)CC1=O. The van der Waals surface area contributed by atoms with E-state index in [1.54, 1.807) is 27.7 Å². The smallest absolute Gasteiger partial charge is 0.410 e. The van der Waals surface area contributed by atoms with Crippen LogP contribution >= 0.6 is 0 Å². The minimum atomic E-state index is -1.18. The second-order valence-corrected chi connectivity index (χ2v) is 14.6. The van der Waals surface area contributed by atoms with Crippen LogP contribution in [0.25, 0.3) is 11.1 Å². The van der Waals surface area contributed by atoms with Crippen molar-refractivity contribution in [2.24, 2.45) is 10.4 Å². The van der Waals surface area contributed by atoms with Gasteiger partial charge in [-0.15, -0.1) is 0 Å². The molecule has 4 rings (SSSR count). The van der Waals surface area contributed by atoms with Gasteiger partial charge in [0.05, 0.1) is 12.1 Å². The summed E-state index contributed by atoms with van der Waals surface area (Å²) in [5.41, 5.74) is 3.93. The highest BCUT2D eigenvalue weighted by molar-refractivity contribution is 6.22. The lowest BCUT2D eigenvalue weighted by atomic mass is 9.76. The first-order chi connectivity index (χ1) is 23.1. The van der Waals surface area contributed by atoms with E-state index >= 15 is 0 Å². The van der Waals surface area contributed by atoms with Crippen molar-refractivity contribution >= 4 is 29.7 Å². The number of aliphatic carboxylic acids is 1. The number of allylic oxidation sites excluding steroid dienone is 2. The number of carboxylic acid groups (broad SMARTS) is 1. The van der Waals surface area contributed by atoms with Crippen molar-refractivity contribution in [1.82, 2.24) is 10.2 Å². The number of aliphatic hydroxyl groups excluding tert-OH is 1. The summed E-state index contributed by atoms with van der Waals surface area (Å²) in [7, 11) is 0. The van der Waals surface area contributed by atoms with E-state index in [2.05, 4.69) is 10.3 Å². The van der Waals surface area contributed by atoms with E-state index in [1.165, 1.54) is 4.90 Å². The molecule has 0 heterocycles. The van der Waals surface area contributed by atoms with Crippen LogP contribution < -0.4 is 5.32 Å². The molecule has 2 amide bonds. The summed E-state index contributed by atoms with van der Waals surface area (Å²) < 4.78 is 11.1. The topological polar surface area (TPSA) is 155 Å². The molecule has 0 saturated heterocycles. The van der Waals surface area contributed by atoms with E-state index < -0.39 is 29.8 Å². The van der Waals surface area contributed by atoms with Gasteiger partial charge in [-0.1, -0.05) is 62.4 Å². The Labute approximate surface area is 288 Å². The van der Waals surface area contributed by atoms with E-state index in [1.807, 2.05) is 62.4 Å². The number of nitrogens with one attached hydrogen (secondary N) is 1. The quantitative estimate of drug-likeness (QED) is 0.151. The monoisotopic (exact) mass is 675 g/mol. The highest BCUT2D eigenvalue weighted by atomic mass is 16.6. The summed E-state index contributed by atoms with van der Waals surface area (Å²) >= 11 is 0. The maximum atomic E-state index is 13.0. The Morgan fingerprint density at radius 1 is 1.00 bits per heavy atom. The number of carbonyl (C=O) groups is 4. The molecule has 3 N–H and O–H groups in total. The lowest BCUT2D eigenvalue weighted by molar-refractivity contribution is -0.139. The molecule has 49 heavy (non-hydrogen) atoms. The number of carbonyl (C=O) groups excluding carboxylic acids is 3. The summed E-state index contributed by atoms with van der Waals surface area (Å²) in [6.07, 6.45) is 0.328. The van der Waals surface area contributed by atoms with Gasteiger partial charge in [-0.25, -0.2) is 14.4 Å². The summed E-state index contributed by atoms with van der Waals surface area (Å²) in [6, 6.07) is 14.8. The third kappa shape index (κ3) is 9.93. The van der Waals surface area contributed by atoms with Crippen LogP contribution in [0, 0.1) is 5.41 Å². The highest BCUT2D eigenvalue weighted by Gasteiger charge is 2.34. The fraction of sp³-hybridized carbons (Fsp3) is 0.500. The molecule has 2 aromatic rings. The molecular formula is C38H49N3O8. The normalized spacial score (nSPS) is 16.4. The molecule has 0 radical (unpaired) electrons. The van der Waals surface area contributed by atoms with Crippen LogP contribution in [-0.2, 0) is 19.1 Å². The van der Waals surface area contributed by atoms with Crippen LogP contribution in [0.1, 0.15) is 90.7 Å². The van der Waals surface area contributed by atoms with E-state index in [0.29, 0.717) is 31.4 Å². The second kappa shape index (κ2) is 15.7. The number of nitrogens with zero attached hydrogens (tertiary/aromatic N) is 2. The zero-order chi connectivity index (χ0) is 35.9. The maximum absolute atomic E-state index is 13.0. The number of carboxylic acids is 1. The zero-order valence-electron chi connectivity index (χ0n) is 29.4. The predicted octanol–water partition coefficient (Wildman–Crippen LogP) is 7.05. The molecule has 1 atom stereocenters. The fourth-order valence-electron chi connectivity index (χ4n) is 6.43. The standard InChI is InChI=1S/C38H49N3O8/c1-24(33-31(42)21-38(5,6)22-32(33)43)39-18-20-41(36(47)49-37(2,3)4)19-12-11-17-30(34(44)45)40-35(46)48-23-29-27-15-9-7-13-25(27)26-14-8-10-16-28(26)29/h7-10,13-16,29-30,42H,11-12,17-23H2,1-6H3,(H,40,46)(H,44,45)/t30-/m1/s1. The fourth-order valence-corrected chi connectivity index (χ4v) is 6.43. The minimum Gasteiger partial charge on any atom is -0.511 e. The van der Waals surface area contributed by atoms with E-state index in [9.17, 15) is 29.4 Å². The van der Waals surface area contributed by atoms with Gasteiger partial charge in [0.2, 0.25) is 0 Å². The van der Waals surface area contributed by atoms with Crippen LogP contribution in [0.3, 0.4) is 0 Å². The number of rotatable bonds is 13. The average molecular weight is 676 g/mol. The number of fused-ring (bicyclic) bond motifs is 3. The van der Waals surface area contributed by atoms with Crippen LogP contribution in [0.15, 0.2) is 64.9 Å². The number of ether oxygens (including phenoxy) is 2. The third-order valence-corrected chi connectivity index (χ3v) is 8.69. The van der Waals surface area contributed by atoms with Gasteiger partial charge in [-0.05, 0) is 74.6 Å². The number of Topliss-reactive ketones (excluding diaryl/α,β-unsaturated/α-hetero) is 1. The third-order valence-electron chi connectivity index (χ3n) is 8.69. The van der Waals surface area contributed by atoms with Gasteiger partial charge >= 0.3 is 18.2 Å². The molecule has 0 fully saturated rings. The predicted molar refractivity (Wildman–Crippen MR) is 187 cm³/mol. The molecule has 2 aromatic carbocycles. The molecular weight excluding hydrogens is 626 g/mol. The Balaban J connectivity index is 1.30. The van der Waals surface area contributed by atoms with Crippen molar-refractivity contribution in [3.63, 3.8) is 0 Å². The summed E-state index contributed by atoms with van der Waals surface area (Å²) in [5, 5.41) is 22.8. The van der Waals surface area contributed by atoms with Crippen molar-refractivity contribution < 1.29 is 38.9 Å². The molecule has 11 heteroatoms. The number of aliphatic hydroxyl groups is 1. The Morgan fingerprint density at radius 2 is 1.61 bits per heavy atom. The minimum absolute atomic E-state index is 0.0335. The number of alkyl carbamates (subject to hydrolysis) is 1. The van der Waals surface area contributed by atoms with E-state index in [4.69, 9.17) is 9.47 Å². The summed E-state index contributed by atoms with van der Waals surface area (Å²) in [5.74, 6) is -1.45. The van der Waals surface area contributed by atoms with Crippen molar-refractivity contribution in [1.29, 1.82) is 0 Å². The molecule has 0 aromatic heterocycles. The largest absolute Gasteiger partial charge is 0.511 e. The Kier molecular flexibility index (Phi) is 11.9. The van der Waals surface area contributed by atoms with Crippen LogP contribution in [0.5, 0.6) is 0 Å². The molecule has 0 aliphatic heterocycles. The Morgan fingerprint density at radius 3 is 2.18 bits per heavy atom. The van der Waals surface area contributed by atoms with E-state index in [0.717, 1.165) is 22.3 Å². The van der Waals surface area contributed by atoms with Gasteiger partial charge in [0.15, 0.2) is 5.78 Å². The molecule has 264 valence electrons. The van der Waals surface area contributed by atoms with Gasteiger partial charge in [-0.2, -0.15) is 0 Å². The molecule has 0 unspecified atom stereocenters. The Bertz CT molecular complexity index is 1580. The van der Waals surface area contributed by atoms with Crippen molar-refractivity contribution in [2.75, 3.05) is 26.2 Å². The van der Waals surface area contributed by atoms with Gasteiger partial charge in [0, 0.05) is 37.6 Å². The zero-order valence-corrected chi connectivity index (χ0v) is 29.4. The lowest BCUT2D eigenvalue weighted by Gasteiger charge is -2.29. The van der Waals surface area contributed by atoms with Crippen molar-refractivity contribution in [3.05, 3.63) is 71.0 Å². The van der Waals surface area contributed by atoms with Crippen molar-refractivity contribution in [3.8, 4) is 11.1 Å². The van der Waals surface area contributed by atoms with Crippen LogP contribution in [0.2, 0.25) is 0 Å². The number of aliphatic imine (C=N–C) groups is 1. The molecule has 0 saturated carbocycles. The number of ketones is 1. The summed E-state index contributed by atoms with van der Waals surface area (Å²) in [6.45, 7) is 11.5. The van der Waals surface area contributed by atoms with Crippen LogP contribution in [0.4, 0.5) is 9.59 Å².